The summed E-state index contributed by atoms with van der Waals surface area (Å²) in [5, 5.41) is 29.7. The summed E-state index contributed by atoms with van der Waals surface area (Å²) in [6, 6.07) is 15.1. The summed E-state index contributed by atoms with van der Waals surface area (Å²) in [6.07, 6.45) is 2.59. The number of aliphatic imine (C=N–C) groups is 1. The number of nitrogens with zero attached hydrogens (tertiary/aromatic N) is 4. The Morgan fingerprint density at radius 1 is 1.04 bits per heavy atom. The Morgan fingerprint density at radius 2 is 1.80 bits per heavy atom. The maximum absolute atomic E-state index is 10.7. The summed E-state index contributed by atoms with van der Waals surface area (Å²) in [4.78, 5) is 4.33. The van der Waals surface area contributed by atoms with Crippen molar-refractivity contribution in [1.82, 2.24) is 4.57 Å². The Bertz CT molecular complexity index is 1090. The molecule has 0 unspecified atom stereocenters. The molecular weight excluding hydrogens is 312 g/mol. The Balaban J connectivity index is 2.07. The van der Waals surface area contributed by atoms with E-state index in [0.29, 0.717) is 22.2 Å². The van der Waals surface area contributed by atoms with Gasteiger partial charge in [0.05, 0.1) is 28.8 Å². The lowest BCUT2D eigenvalue weighted by Gasteiger charge is -2.11. The highest BCUT2D eigenvalue weighted by Gasteiger charge is 2.21. The van der Waals surface area contributed by atoms with Gasteiger partial charge < -0.3 is 9.67 Å². The second kappa shape index (κ2) is 5.81. The number of hydrogen-bond donors (Lipinski definition) is 1. The highest BCUT2D eigenvalue weighted by molar-refractivity contribution is 6.04. The molecule has 1 aromatic heterocycles. The average Bonchev–Trinajstić information content (AvgIpc) is 2.83. The summed E-state index contributed by atoms with van der Waals surface area (Å²) in [6.45, 7) is 1.48. The molecule has 0 amide bonds. The molecule has 120 valence electrons. The van der Waals surface area contributed by atoms with Crippen LogP contribution >= 0.6 is 0 Å². The summed E-state index contributed by atoms with van der Waals surface area (Å²) >= 11 is 0. The standard InChI is InChI=1S/C20H14N4O/c21-10-13-2-4-15(5-3-13)16-8-14(11-22)9-17-19(16)24-7-1-6-23-12-18(24)20(17)25/h2-5,8-9,12,25H,1,6-7H2. The van der Waals surface area contributed by atoms with E-state index in [1.54, 1.807) is 24.4 Å². The van der Waals surface area contributed by atoms with Crippen molar-refractivity contribution in [1.29, 1.82) is 10.5 Å². The third-order valence-corrected chi connectivity index (χ3v) is 4.50. The zero-order chi connectivity index (χ0) is 17.4. The van der Waals surface area contributed by atoms with Gasteiger partial charge in [0.2, 0.25) is 0 Å². The minimum atomic E-state index is 0.160. The van der Waals surface area contributed by atoms with Crippen molar-refractivity contribution < 1.29 is 5.11 Å². The van der Waals surface area contributed by atoms with Crippen LogP contribution in [0.4, 0.5) is 0 Å². The van der Waals surface area contributed by atoms with Crippen LogP contribution in [0.15, 0.2) is 41.4 Å². The van der Waals surface area contributed by atoms with Crippen LogP contribution in [0.3, 0.4) is 0 Å². The second-order valence-electron chi connectivity index (χ2n) is 6.00. The highest BCUT2D eigenvalue weighted by Crippen LogP contribution is 2.39. The van der Waals surface area contributed by atoms with E-state index in [-0.39, 0.29) is 5.75 Å². The molecule has 0 bridgehead atoms. The highest BCUT2D eigenvalue weighted by atomic mass is 16.3. The maximum atomic E-state index is 10.7. The molecule has 5 heteroatoms. The van der Waals surface area contributed by atoms with E-state index in [9.17, 15) is 10.4 Å². The molecule has 0 fully saturated rings. The van der Waals surface area contributed by atoms with Gasteiger partial charge in [0.15, 0.2) is 0 Å². The van der Waals surface area contributed by atoms with Crippen LogP contribution in [0.5, 0.6) is 5.75 Å². The molecule has 0 saturated carbocycles. The first-order valence-electron chi connectivity index (χ1n) is 8.02. The topological polar surface area (TPSA) is 85.1 Å². The number of aryl methyl sites for hydroxylation is 1. The Morgan fingerprint density at radius 3 is 2.52 bits per heavy atom. The SMILES string of the molecule is N#Cc1ccc(-c2cc(C#N)cc3c(O)c4n(c23)CCCN=C4)cc1. The van der Waals surface area contributed by atoms with Crippen molar-refractivity contribution in [3.8, 4) is 29.0 Å². The van der Waals surface area contributed by atoms with E-state index in [2.05, 4.69) is 21.7 Å². The van der Waals surface area contributed by atoms with Gasteiger partial charge in [-0.2, -0.15) is 10.5 Å². The number of aromatic hydroxyl groups is 1. The molecule has 2 aromatic carbocycles. The second-order valence-corrected chi connectivity index (χ2v) is 6.00. The average molecular weight is 326 g/mol. The van der Waals surface area contributed by atoms with Crippen molar-refractivity contribution in [2.75, 3.05) is 6.54 Å². The number of hydrogen-bond acceptors (Lipinski definition) is 4. The zero-order valence-electron chi connectivity index (χ0n) is 13.4. The lowest BCUT2D eigenvalue weighted by atomic mass is 9.99. The normalized spacial score (nSPS) is 13.0. The van der Waals surface area contributed by atoms with Crippen LogP contribution in [-0.4, -0.2) is 22.4 Å². The van der Waals surface area contributed by atoms with Crippen LogP contribution in [-0.2, 0) is 6.54 Å². The van der Waals surface area contributed by atoms with E-state index < -0.39 is 0 Å². The van der Waals surface area contributed by atoms with E-state index >= 15 is 0 Å². The van der Waals surface area contributed by atoms with Crippen LogP contribution < -0.4 is 0 Å². The molecule has 5 nitrogen and oxygen atoms in total. The predicted octanol–water partition coefficient (Wildman–Crippen LogP) is 3.58. The Kier molecular flexibility index (Phi) is 3.48. The molecule has 0 aliphatic carbocycles. The first-order chi connectivity index (χ1) is 12.2. The van der Waals surface area contributed by atoms with Crippen LogP contribution in [0.2, 0.25) is 0 Å². The molecule has 1 aliphatic rings. The van der Waals surface area contributed by atoms with Crippen LogP contribution in [0.25, 0.3) is 22.0 Å². The molecule has 1 aliphatic heterocycles. The summed E-state index contributed by atoms with van der Waals surface area (Å²) < 4.78 is 2.07. The van der Waals surface area contributed by atoms with Gasteiger partial charge in [-0.15, -0.1) is 0 Å². The Hall–Kier alpha value is -3.57. The monoisotopic (exact) mass is 326 g/mol. The van der Waals surface area contributed by atoms with Crippen molar-refractivity contribution >= 4 is 17.1 Å². The van der Waals surface area contributed by atoms with Gasteiger partial charge in [-0.05, 0) is 36.2 Å². The third-order valence-electron chi connectivity index (χ3n) is 4.50. The van der Waals surface area contributed by atoms with Gasteiger partial charge in [0.1, 0.15) is 11.4 Å². The molecule has 25 heavy (non-hydrogen) atoms. The number of fused-ring (bicyclic) bond motifs is 3. The van der Waals surface area contributed by atoms with E-state index in [1.807, 2.05) is 18.2 Å². The molecule has 4 rings (SSSR count). The summed E-state index contributed by atoms with van der Waals surface area (Å²) in [5.74, 6) is 0.160. The van der Waals surface area contributed by atoms with Gasteiger partial charge in [-0.1, -0.05) is 12.1 Å². The molecule has 0 radical (unpaired) electrons. The molecule has 2 heterocycles. The van der Waals surface area contributed by atoms with E-state index in [0.717, 1.165) is 36.2 Å². The van der Waals surface area contributed by atoms with Gasteiger partial charge in [-0.3, -0.25) is 4.99 Å². The molecule has 0 saturated heterocycles. The molecule has 1 N–H and O–H groups in total. The number of benzene rings is 2. The first-order valence-corrected chi connectivity index (χ1v) is 8.02. The van der Waals surface area contributed by atoms with E-state index in [1.165, 1.54) is 0 Å². The predicted molar refractivity (Wildman–Crippen MR) is 95.5 cm³/mol. The Labute approximate surface area is 144 Å². The minimum Gasteiger partial charge on any atom is -0.505 e. The van der Waals surface area contributed by atoms with E-state index in [4.69, 9.17) is 5.26 Å². The summed E-state index contributed by atoms with van der Waals surface area (Å²) in [5.41, 5.74) is 4.42. The first kappa shape index (κ1) is 15.0. The van der Waals surface area contributed by atoms with Crippen molar-refractivity contribution in [2.24, 2.45) is 4.99 Å². The van der Waals surface area contributed by atoms with Gasteiger partial charge >= 0.3 is 0 Å². The van der Waals surface area contributed by atoms with Gasteiger partial charge in [-0.25, -0.2) is 0 Å². The minimum absolute atomic E-state index is 0.160. The van der Waals surface area contributed by atoms with Crippen LogP contribution in [0, 0.1) is 22.7 Å². The number of nitriles is 2. The molecule has 0 spiro atoms. The van der Waals surface area contributed by atoms with Gasteiger partial charge in [0, 0.05) is 30.3 Å². The van der Waals surface area contributed by atoms with Crippen molar-refractivity contribution in [2.45, 2.75) is 13.0 Å². The fourth-order valence-corrected chi connectivity index (χ4v) is 3.34. The quantitative estimate of drug-likeness (QED) is 0.741. The maximum Gasteiger partial charge on any atom is 0.150 e. The lowest BCUT2D eigenvalue weighted by molar-refractivity contribution is 0.477. The van der Waals surface area contributed by atoms with Crippen LogP contribution in [0.1, 0.15) is 23.2 Å². The third kappa shape index (κ3) is 2.34. The largest absolute Gasteiger partial charge is 0.505 e. The summed E-state index contributed by atoms with van der Waals surface area (Å²) in [7, 11) is 0. The lowest BCUT2D eigenvalue weighted by Crippen LogP contribution is -2.02. The molecule has 3 aromatic rings. The van der Waals surface area contributed by atoms with Crippen molar-refractivity contribution in [3.63, 3.8) is 0 Å². The fourth-order valence-electron chi connectivity index (χ4n) is 3.34. The smallest absolute Gasteiger partial charge is 0.150 e. The van der Waals surface area contributed by atoms with Crippen molar-refractivity contribution in [3.05, 3.63) is 53.2 Å². The fraction of sp³-hybridized carbons (Fsp3) is 0.150. The van der Waals surface area contributed by atoms with Gasteiger partial charge in [0.25, 0.3) is 0 Å². The molecular formula is C20H14N4O. The number of aromatic nitrogens is 1. The molecule has 0 atom stereocenters. The zero-order valence-corrected chi connectivity index (χ0v) is 13.4. The number of rotatable bonds is 1.